The highest BCUT2D eigenvalue weighted by atomic mass is 32.3. The molecule has 0 spiro atoms. The average molecular weight is 427 g/mol. The first kappa shape index (κ1) is 22.0. The van der Waals surface area contributed by atoms with E-state index in [0.717, 1.165) is 16.2 Å². The fourth-order valence-corrected chi connectivity index (χ4v) is 4.79. The first-order valence-corrected chi connectivity index (χ1v) is 12.6. The number of aromatic nitrogens is 1. The van der Waals surface area contributed by atoms with Crippen LogP contribution in [0.1, 0.15) is 43.6 Å². The molecule has 0 unspecified atom stereocenters. The number of phenols is 1. The van der Waals surface area contributed by atoms with E-state index < -0.39 is 15.9 Å². The van der Waals surface area contributed by atoms with Gasteiger partial charge in [0.1, 0.15) is 11.3 Å². The van der Waals surface area contributed by atoms with Gasteiger partial charge >= 0.3 is 0 Å². The summed E-state index contributed by atoms with van der Waals surface area (Å²) in [5.74, 6) is 0.622. The van der Waals surface area contributed by atoms with Gasteiger partial charge in [-0.2, -0.15) is 0 Å². The first-order chi connectivity index (χ1) is 14.0. The molecule has 3 N–H and O–H groups in total. The van der Waals surface area contributed by atoms with E-state index in [-0.39, 0.29) is 22.2 Å². The number of carbonyl (C=O) groups is 1. The van der Waals surface area contributed by atoms with Gasteiger partial charge in [0.2, 0.25) is 5.43 Å². The van der Waals surface area contributed by atoms with Crippen LogP contribution in [0.5, 0.6) is 5.75 Å². The van der Waals surface area contributed by atoms with Gasteiger partial charge in [-0.05, 0) is 47.4 Å². The number of nitrogens with one attached hydrogen (secondary N) is 2. The average Bonchev–Trinajstić information content (AvgIpc) is 2.67. The molecule has 2 aromatic carbocycles. The number of aromatic amines is 1. The van der Waals surface area contributed by atoms with Crippen LogP contribution in [0.25, 0.3) is 10.9 Å². The Labute approximate surface area is 178 Å². The number of carbonyl (C=O) groups excluding carboxylic acids is 1. The minimum atomic E-state index is -1.16. The molecule has 5 nitrogen and oxygen atoms in total. The summed E-state index contributed by atoms with van der Waals surface area (Å²) in [5.41, 5.74) is 1.58. The lowest BCUT2D eigenvalue weighted by molar-refractivity contribution is 0.102. The van der Waals surface area contributed by atoms with Crippen LogP contribution in [0.2, 0.25) is 0 Å². The SMILES string of the molecule is CCS(C)(C)c1cc(C(C)(C)C)c(NC(=O)c2c[nH]c3ccccc3c2=O)cc1O. The molecule has 0 aliphatic heterocycles. The third-order valence-electron chi connectivity index (χ3n) is 5.51. The number of pyridine rings is 1. The number of hydrogen-bond acceptors (Lipinski definition) is 3. The summed E-state index contributed by atoms with van der Waals surface area (Å²) in [6.07, 6.45) is 5.78. The van der Waals surface area contributed by atoms with Crippen molar-refractivity contribution in [3.8, 4) is 5.75 Å². The number of H-pyrrole nitrogens is 1. The van der Waals surface area contributed by atoms with Crippen LogP contribution in [0.3, 0.4) is 0 Å². The molecule has 0 saturated carbocycles. The number of aromatic hydroxyl groups is 1. The van der Waals surface area contributed by atoms with Crippen LogP contribution < -0.4 is 10.7 Å². The zero-order chi connectivity index (χ0) is 22.3. The van der Waals surface area contributed by atoms with Crippen molar-refractivity contribution in [1.29, 1.82) is 0 Å². The zero-order valence-corrected chi connectivity index (χ0v) is 19.2. The Morgan fingerprint density at radius 2 is 1.83 bits per heavy atom. The number of hydrogen-bond donors (Lipinski definition) is 3. The van der Waals surface area contributed by atoms with E-state index in [0.29, 0.717) is 16.6 Å². The molecule has 0 aliphatic rings. The Morgan fingerprint density at radius 1 is 1.17 bits per heavy atom. The molecular formula is C24H30N2O3S. The summed E-state index contributed by atoms with van der Waals surface area (Å²) < 4.78 is 0. The number of para-hydroxylation sites is 1. The quantitative estimate of drug-likeness (QED) is 0.534. The molecular weight excluding hydrogens is 396 g/mol. The minimum Gasteiger partial charge on any atom is -0.507 e. The first-order valence-electron chi connectivity index (χ1n) is 9.96. The van der Waals surface area contributed by atoms with E-state index >= 15 is 0 Å². The van der Waals surface area contributed by atoms with Crippen LogP contribution in [0.15, 0.2) is 52.3 Å². The number of rotatable bonds is 4. The highest BCUT2D eigenvalue weighted by molar-refractivity contribution is 8.32. The molecule has 3 aromatic rings. The second-order valence-corrected chi connectivity index (χ2v) is 13.1. The highest BCUT2D eigenvalue weighted by Crippen LogP contribution is 2.54. The van der Waals surface area contributed by atoms with Crippen LogP contribution >= 0.6 is 10.0 Å². The Hall–Kier alpha value is -2.73. The summed E-state index contributed by atoms with van der Waals surface area (Å²) in [7, 11) is -1.16. The molecule has 3 rings (SSSR count). The molecule has 0 radical (unpaired) electrons. The van der Waals surface area contributed by atoms with E-state index in [1.54, 1.807) is 24.3 Å². The van der Waals surface area contributed by atoms with Crippen LogP contribution in [0.4, 0.5) is 5.69 Å². The third-order valence-corrected chi connectivity index (χ3v) is 8.47. The van der Waals surface area contributed by atoms with Crippen LogP contribution in [-0.4, -0.2) is 34.3 Å². The predicted molar refractivity (Wildman–Crippen MR) is 128 cm³/mol. The fourth-order valence-electron chi connectivity index (χ4n) is 3.42. The summed E-state index contributed by atoms with van der Waals surface area (Å²) in [5, 5.41) is 14.1. The van der Waals surface area contributed by atoms with Crippen molar-refractivity contribution < 1.29 is 9.90 Å². The van der Waals surface area contributed by atoms with E-state index in [1.807, 2.05) is 12.1 Å². The molecule has 1 amide bonds. The maximum atomic E-state index is 13.0. The lowest BCUT2D eigenvalue weighted by Gasteiger charge is -2.33. The molecule has 1 heterocycles. The summed E-state index contributed by atoms with van der Waals surface area (Å²) in [4.78, 5) is 29.7. The maximum Gasteiger partial charge on any atom is 0.261 e. The normalized spacial score (nSPS) is 12.7. The third kappa shape index (κ3) is 4.10. The molecule has 30 heavy (non-hydrogen) atoms. The minimum absolute atomic E-state index is 0.0386. The Balaban J connectivity index is 2.08. The molecule has 0 bridgehead atoms. The van der Waals surface area contributed by atoms with Gasteiger partial charge in [0.25, 0.3) is 5.91 Å². The standard InChI is InChI=1S/C24H30N2O3S/c1-7-30(5,6)21-12-17(24(2,3)4)19(13-20(21)27)26-23(29)16-14-25-18-11-9-8-10-15(18)22(16)28/h8-14,27H,7H2,1-6H3,(H,25,28)(H,26,29). The van der Waals surface area contributed by atoms with E-state index in [9.17, 15) is 14.7 Å². The molecule has 0 aliphatic carbocycles. The lowest BCUT2D eigenvalue weighted by atomic mass is 9.85. The van der Waals surface area contributed by atoms with Gasteiger partial charge in [-0.25, -0.2) is 10.0 Å². The van der Waals surface area contributed by atoms with Crippen molar-refractivity contribution >= 4 is 32.5 Å². The molecule has 0 atom stereocenters. The van der Waals surface area contributed by atoms with Crippen molar-refractivity contribution in [2.24, 2.45) is 0 Å². The summed E-state index contributed by atoms with van der Waals surface area (Å²) in [6, 6.07) is 10.7. The lowest BCUT2D eigenvalue weighted by Crippen LogP contribution is -2.24. The van der Waals surface area contributed by atoms with Crippen molar-refractivity contribution in [1.82, 2.24) is 4.98 Å². The number of amides is 1. The summed E-state index contributed by atoms with van der Waals surface area (Å²) >= 11 is 0. The number of phenolic OH excluding ortho intramolecular Hbond substituents is 1. The zero-order valence-electron chi connectivity index (χ0n) is 18.4. The predicted octanol–water partition coefficient (Wildman–Crippen LogP) is 5.23. The van der Waals surface area contributed by atoms with Gasteiger partial charge in [0.05, 0.1) is 0 Å². The Morgan fingerprint density at radius 3 is 2.47 bits per heavy atom. The van der Waals surface area contributed by atoms with Crippen molar-refractivity contribution in [2.75, 3.05) is 23.6 Å². The Bertz CT molecular complexity index is 1170. The molecule has 0 fully saturated rings. The number of benzene rings is 2. The van der Waals surface area contributed by atoms with Gasteiger partial charge in [-0.1, -0.05) is 39.8 Å². The molecule has 6 heteroatoms. The fraction of sp³-hybridized carbons (Fsp3) is 0.333. The second kappa shape index (κ2) is 7.84. The van der Waals surface area contributed by atoms with Gasteiger partial charge in [-0.15, -0.1) is 0 Å². The van der Waals surface area contributed by atoms with Gasteiger partial charge in [-0.3, -0.25) is 9.59 Å². The number of anilines is 1. The topological polar surface area (TPSA) is 82.2 Å². The largest absolute Gasteiger partial charge is 0.507 e. The van der Waals surface area contributed by atoms with Crippen molar-refractivity contribution in [3.63, 3.8) is 0 Å². The van der Waals surface area contributed by atoms with Gasteiger partial charge in [0, 0.05) is 33.7 Å². The van der Waals surface area contributed by atoms with E-state index in [2.05, 4.69) is 50.5 Å². The van der Waals surface area contributed by atoms with Crippen LogP contribution in [-0.2, 0) is 5.41 Å². The van der Waals surface area contributed by atoms with Crippen molar-refractivity contribution in [3.05, 3.63) is 63.9 Å². The Kier molecular flexibility index (Phi) is 5.74. The monoisotopic (exact) mass is 426 g/mol. The second-order valence-electron chi connectivity index (χ2n) is 8.97. The smallest absolute Gasteiger partial charge is 0.261 e. The summed E-state index contributed by atoms with van der Waals surface area (Å²) in [6.45, 7) is 8.31. The maximum absolute atomic E-state index is 13.0. The van der Waals surface area contributed by atoms with Crippen molar-refractivity contribution in [2.45, 2.75) is 38.0 Å². The van der Waals surface area contributed by atoms with Gasteiger partial charge < -0.3 is 15.4 Å². The molecule has 1 aromatic heterocycles. The van der Waals surface area contributed by atoms with Crippen LogP contribution in [0, 0.1) is 0 Å². The van der Waals surface area contributed by atoms with E-state index in [1.165, 1.54) is 6.20 Å². The highest BCUT2D eigenvalue weighted by Gasteiger charge is 2.26. The molecule has 160 valence electrons. The van der Waals surface area contributed by atoms with E-state index in [4.69, 9.17) is 0 Å². The van der Waals surface area contributed by atoms with Gasteiger partial charge in [0.15, 0.2) is 0 Å². The number of fused-ring (bicyclic) bond motifs is 1. The molecule has 0 saturated heterocycles.